The summed E-state index contributed by atoms with van der Waals surface area (Å²) in [4.78, 5) is 14.9. The summed E-state index contributed by atoms with van der Waals surface area (Å²) in [6.45, 7) is 10.3. The number of fused-ring (bicyclic) bond motifs is 3. The van der Waals surface area contributed by atoms with Crippen molar-refractivity contribution in [2.45, 2.75) is 70.8 Å². The first kappa shape index (κ1) is 19.5. The van der Waals surface area contributed by atoms with Crippen LogP contribution in [0.1, 0.15) is 70.9 Å². The molecular formula is C21H29NO5. The number of allylic oxidation sites excluding steroid dienone is 2. The van der Waals surface area contributed by atoms with Crippen LogP contribution in [0.25, 0.3) is 0 Å². The van der Waals surface area contributed by atoms with Crippen LogP contribution in [0.4, 0.5) is 0 Å². The van der Waals surface area contributed by atoms with Crippen LogP contribution in [0.2, 0.25) is 0 Å². The van der Waals surface area contributed by atoms with Crippen LogP contribution in [-0.2, 0) is 10.3 Å². The zero-order chi connectivity index (χ0) is 20.0. The van der Waals surface area contributed by atoms with Gasteiger partial charge in [0.25, 0.3) is 5.09 Å². The predicted molar refractivity (Wildman–Crippen MR) is 103 cm³/mol. The van der Waals surface area contributed by atoms with Crippen molar-refractivity contribution in [3.63, 3.8) is 0 Å². The normalized spacial score (nSPS) is 23.5. The van der Waals surface area contributed by atoms with E-state index in [-0.39, 0.29) is 23.9 Å². The van der Waals surface area contributed by atoms with Crippen LogP contribution in [0.3, 0.4) is 0 Å². The Bertz CT molecular complexity index is 781. The van der Waals surface area contributed by atoms with E-state index in [0.29, 0.717) is 18.1 Å². The molecule has 2 aliphatic rings. The van der Waals surface area contributed by atoms with E-state index in [1.165, 1.54) is 5.57 Å². The van der Waals surface area contributed by atoms with Crippen molar-refractivity contribution < 1.29 is 19.8 Å². The molecule has 1 aliphatic carbocycles. The number of nitrogens with zero attached hydrogens (tertiary/aromatic N) is 1. The molecule has 0 radical (unpaired) electrons. The van der Waals surface area contributed by atoms with Gasteiger partial charge in [-0.1, -0.05) is 25.5 Å². The molecule has 0 unspecified atom stereocenters. The standard InChI is InChI=1S/C21H29NO5/c1-13-6-7-16-15(10-13)19-17(23)11-14(12-18(19)27-21(16,4)5)20(2,3)8-9-26-22(24)25/h10-12,15-16,23H,6-9H2,1-5H3/t15-,16-/m1/s1. The fraction of sp³-hybridized carbons (Fsp3) is 0.619. The lowest BCUT2D eigenvalue weighted by atomic mass is 9.67. The second-order valence-corrected chi connectivity index (χ2v) is 8.99. The van der Waals surface area contributed by atoms with E-state index in [2.05, 4.69) is 31.7 Å². The topological polar surface area (TPSA) is 81.8 Å². The van der Waals surface area contributed by atoms with E-state index >= 15 is 0 Å². The molecule has 1 heterocycles. The minimum absolute atomic E-state index is 0.0107. The number of rotatable bonds is 5. The Kier molecular flexibility index (Phi) is 4.87. The predicted octanol–water partition coefficient (Wildman–Crippen LogP) is 4.88. The van der Waals surface area contributed by atoms with Crippen LogP contribution in [0, 0.1) is 16.0 Å². The molecule has 0 spiro atoms. The summed E-state index contributed by atoms with van der Waals surface area (Å²) in [5, 5.41) is 20.5. The Hall–Kier alpha value is -2.24. The lowest BCUT2D eigenvalue weighted by Gasteiger charge is -2.46. The molecular weight excluding hydrogens is 346 g/mol. The third-order valence-electron chi connectivity index (χ3n) is 6.17. The largest absolute Gasteiger partial charge is 0.507 e. The van der Waals surface area contributed by atoms with Gasteiger partial charge in [0.05, 0.1) is 6.61 Å². The van der Waals surface area contributed by atoms with Gasteiger partial charge in [0.1, 0.15) is 17.1 Å². The van der Waals surface area contributed by atoms with Gasteiger partial charge in [-0.15, -0.1) is 10.1 Å². The first-order valence-electron chi connectivity index (χ1n) is 9.52. The van der Waals surface area contributed by atoms with E-state index < -0.39 is 10.5 Å². The van der Waals surface area contributed by atoms with Crippen LogP contribution in [0.15, 0.2) is 23.8 Å². The summed E-state index contributed by atoms with van der Waals surface area (Å²) in [7, 11) is 0. The quantitative estimate of drug-likeness (QED) is 0.451. The Balaban J connectivity index is 1.98. The summed E-state index contributed by atoms with van der Waals surface area (Å²) in [6, 6.07) is 3.76. The van der Waals surface area contributed by atoms with Crippen LogP contribution >= 0.6 is 0 Å². The molecule has 0 bridgehead atoms. The average molecular weight is 375 g/mol. The molecule has 1 aromatic rings. The molecule has 27 heavy (non-hydrogen) atoms. The maximum absolute atomic E-state index is 10.9. The first-order valence-corrected chi connectivity index (χ1v) is 9.52. The van der Waals surface area contributed by atoms with Crippen molar-refractivity contribution in [2.24, 2.45) is 5.92 Å². The van der Waals surface area contributed by atoms with Crippen LogP contribution in [0.5, 0.6) is 11.5 Å². The molecule has 1 aliphatic heterocycles. The molecule has 0 amide bonds. The summed E-state index contributed by atoms with van der Waals surface area (Å²) in [5.74, 6) is 1.42. The molecule has 0 aromatic heterocycles. The van der Waals surface area contributed by atoms with Crippen molar-refractivity contribution in [1.82, 2.24) is 0 Å². The third kappa shape index (κ3) is 3.75. The van der Waals surface area contributed by atoms with Gasteiger partial charge in [-0.05, 0) is 63.1 Å². The van der Waals surface area contributed by atoms with E-state index in [1.54, 1.807) is 6.07 Å². The molecule has 0 fully saturated rings. The van der Waals surface area contributed by atoms with E-state index in [0.717, 1.165) is 24.0 Å². The molecule has 6 nitrogen and oxygen atoms in total. The summed E-state index contributed by atoms with van der Waals surface area (Å²) in [6.07, 6.45) is 4.84. The molecule has 1 aromatic carbocycles. The number of hydrogen-bond donors (Lipinski definition) is 1. The van der Waals surface area contributed by atoms with E-state index in [4.69, 9.17) is 4.74 Å². The molecule has 0 saturated carbocycles. The smallest absolute Gasteiger partial charge is 0.294 e. The average Bonchev–Trinajstić information content (AvgIpc) is 2.52. The molecule has 0 saturated heterocycles. The number of phenolic OH excluding ortho intramolecular Hbond substituents is 1. The van der Waals surface area contributed by atoms with Gasteiger partial charge >= 0.3 is 0 Å². The lowest BCUT2D eigenvalue weighted by molar-refractivity contribution is -0.758. The Labute approximate surface area is 160 Å². The van der Waals surface area contributed by atoms with Crippen molar-refractivity contribution in [2.75, 3.05) is 6.61 Å². The molecule has 2 atom stereocenters. The highest BCUT2D eigenvalue weighted by Gasteiger charge is 2.45. The van der Waals surface area contributed by atoms with Gasteiger partial charge < -0.3 is 14.7 Å². The highest BCUT2D eigenvalue weighted by atomic mass is 16.9. The lowest BCUT2D eigenvalue weighted by Crippen LogP contribution is -2.45. The van der Waals surface area contributed by atoms with Gasteiger partial charge in [0.15, 0.2) is 0 Å². The molecule has 3 rings (SSSR count). The monoisotopic (exact) mass is 375 g/mol. The molecule has 6 heteroatoms. The highest BCUT2D eigenvalue weighted by molar-refractivity contribution is 5.55. The minimum atomic E-state index is -0.774. The first-order chi connectivity index (χ1) is 12.5. The van der Waals surface area contributed by atoms with Gasteiger partial charge in [-0.25, -0.2) is 0 Å². The maximum Gasteiger partial charge on any atom is 0.294 e. The zero-order valence-electron chi connectivity index (χ0n) is 16.7. The maximum atomic E-state index is 10.9. The fourth-order valence-electron chi connectivity index (χ4n) is 4.43. The van der Waals surface area contributed by atoms with E-state index in [1.807, 2.05) is 19.9 Å². The minimum Gasteiger partial charge on any atom is -0.507 e. The Morgan fingerprint density at radius 3 is 2.78 bits per heavy atom. The number of aromatic hydroxyl groups is 1. The van der Waals surface area contributed by atoms with Crippen LogP contribution in [-0.4, -0.2) is 22.4 Å². The number of phenols is 1. The van der Waals surface area contributed by atoms with Gasteiger partial charge in [0.2, 0.25) is 0 Å². The molecule has 1 N–H and O–H groups in total. The highest BCUT2D eigenvalue weighted by Crippen LogP contribution is 2.54. The van der Waals surface area contributed by atoms with Crippen molar-refractivity contribution in [1.29, 1.82) is 0 Å². The second-order valence-electron chi connectivity index (χ2n) is 8.99. The fourth-order valence-corrected chi connectivity index (χ4v) is 4.43. The van der Waals surface area contributed by atoms with Gasteiger partial charge in [-0.3, -0.25) is 0 Å². The summed E-state index contributed by atoms with van der Waals surface area (Å²) in [5.41, 5.74) is 2.38. The SMILES string of the molecule is CC1=C[C@H]2c3c(O)cc(C(C)(C)CCO[N+](=O)[O-])cc3OC(C)(C)[C@@H]2CC1. The van der Waals surface area contributed by atoms with Crippen molar-refractivity contribution in [3.05, 3.63) is 45.0 Å². The van der Waals surface area contributed by atoms with Crippen molar-refractivity contribution >= 4 is 0 Å². The summed E-state index contributed by atoms with van der Waals surface area (Å²) >= 11 is 0. The Morgan fingerprint density at radius 1 is 1.41 bits per heavy atom. The summed E-state index contributed by atoms with van der Waals surface area (Å²) < 4.78 is 6.35. The van der Waals surface area contributed by atoms with Crippen molar-refractivity contribution in [3.8, 4) is 11.5 Å². The number of benzene rings is 1. The van der Waals surface area contributed by atoms with Crippen LogP contribution < -0.4 is 4.74 Å². The number of ether oxygens (including phenoxy) is 1. The van der Waals surface area contributed by atoms with Gasteiger partial charge in [0, 0.05) is 17.4 Å². The zero-order valence-corrected chi connectivity index (χ0v) is 16.7. The van der Waals surface area contributed by atoms with E-state index in [9.17, 15) is 15.2 Å². The Morgan fingerprint density at radius 2 is 2.11 bits per heavy atom. The third-order valence-corrected chi connectivity index (χ3v) is 6.17. The number of hydrogen-bond acceptors (Lipinski definition) is 5. The second kappa shape index (κ2) is 6.73. The van der Waals surface area contributed by atoms with Gasteiger partial charge in [-0.2, -0.15) is 0 Å². The molecule has 148 valence electrons.